The van der Waals surface area contributed by atoms with Crippen LogP contribution in [0.15, 0.2) is 30.3 Å². The van der Waals surface area contributed by atoms with Gasteiger partial charge in [-0.1, -0.05) is 12.1 Å². The molecule has 1 fully saturated rings. The smallest absolute Gasteiger partial charge is 0.252 e. The van der Waals surface area contributed by atoms with Crippen molar-refractivity contribution in [2.24, 2.45) is 0 Å². The van der Waals surface area contributed by atoms with Gasteiger partial charge in [-0.05, 0) is 41.6 Å². The van der Waals surface area contributed by atoms with Crippen molar-refractivity contribution in [2.45, 2.75) is 6.92 Å². The molecule has 0 radical (unpaired) electrons. The third-order valence-electron chi connectivity index (χ3n) is 3.99. The predicted octanol–water partition coefficient (Wildman–Crippen LogP) is 2.07. The lowest BCUT2D eigenvalue weighted by Crippen LogP contribution is -2.37. The first kappa shape index (κ1) is 18.8. The maximum atomic E-state index is 12.2. The fourth-order valence-corrected chi connectivity index (χ4v) is 3.34. The van der Waals surface area contributed by atoms with Crippen LogP contribution in [0, 0.1) is 10.5 Å². The molecule has 1 aliphatic heterocycles. The summed E-state index contributed by atoms with van der Waals surface area (Å²) in [6, 6.07) is 9.48. The second-order valence-electron chi connectivity index (χ2n) is 5.92. The highest BCUT2D eigenvalue weighted by molar-refractivity contribution is 14.1. The Morgan fingerprint density at radius 2 is 2.00 bits per heavy atom. The zero-order valence-corrected chi connectivity index (χ0v) is 16.8. The fraction of sp³-hybridized carbons (Fsp3) is 0.389. The van der Waals surface area contributed by atoms with Crippen molar-refractivity contribution in [3.8, 4) is 0 Å². The molecular formula is C18H22IN5O2. The molecule has 0 bridgehead atoms. The number of hydrogen-bond donors (Lipinski definition) is 2. The average molecular weight is 467 g/mol. The van der Waals surface area contributed by atoms with Crippen LogP contribution in [0.2, 0.25) is 0 Å². The molecule has 3 rings (SSSR count). The highest BCUT2D eigenvalue weighted by atomic mass is 127. The van der Waals surface area contributed by atoms with Gasteiger partial charge in [0.1, 0.15) is 17.5 Å². The lowest BCUT2D eigenvalue weighted by Gasteiger charge is -2.28. The molecule has 1 aromatic heterocycles. The number of nitrogens with one attached hydrogen (secondary N) is 2. The second kappa shape index (κ2) is 9.13. The van der Waals surface area contributed by atoms with E-state index >= 15 is 0 Å². The predicted molar refractivity (Wildman–Crippen MR) is 110 cm³/mol. The molecule has 1 aliphatic rings. The maximum Gasteiger partial charge on any atom is 0.252 e. The number of amides is 1. The molecule has 0 unspecified atom stereocenters. The molecule has 7 nitrogen and oxygen atoms in total. The summed E-state index contributed by atoms with van der Waals surface area (Å²) in [5.41, 5.74) is 0.695. The number of aromatic nitrogens is 2. The number of hydrogen-bond acceptors (Lipinski definition) is 6. The van der Waals surface area contributed by atoms with Crippen LogP contribution < -0.4 is 15.5 Å². The van der Waals surface area contributed by atoms with E-state index in [9.17, 15) is 4.79 Å². The number of benzene rings is 1. The van der Waals surface area contributed by atoms with Gasteiger partial charge in [0.15, 0.2) is 0 Å². The molecule has 1 saturated heterocycles. The number of anilines is 2. The van der Waals surface area contributed by atoms with Gasteiger partial charge in [0, 0.05) is 35.8 Å². The van der Waals surface area contributed by atoms with Gasteiger partial charge in [0.25, 0.3) is 5.91 Å². The molecule has 1 amide bonds. The zero-order valence-electron chi connectivity index (χ0n) is 14.7. The summed E-state index contributed by atoms with van der Waals surface area (Å²) in [6.45, 7) is 6.09. The van der Waals surface area contributed by atoms with Crippen molar-refractivity contribution < 1.29 is 9.53 Å². The quantitative estimate of drug-likeness (QED) is 0.501. The standard InChI is InChI=1S/C18H22IN5O2/c1-13-22-16(12-17(23-13)24-8-10-26-11-9-24)20-6-7-21-18(25)14-4-2-3-5-15(14)19/h2-5,12H,6-11H2,1H3,(H,21,25)(H,20,22,23). The van der Waals surface area contributed by atoms with Crippen LogP contribution in [0.1, 0.15) is 16.2 Å². The van der Waals surface area contributed by atoms with E-state index in [1.807, 2.05) is 37.3 Å². The number of carbonyl (C=O) groups excluding carboxylic acids is 1. The highest BCUT2D eigenvalue weighted by Gasteiger charge is 2.14. The summed E-state index contributed by atoms with van der Waals surface area (Å²) in [5, 5.41) is 6.19. The number of morpholine rings is 1. The first-order chi connectivity index (χ1) is 12.6. The van der Waals surface area contributed by atoms with Crippen molar-refractivity contribution in [3.05, 3.63) is 45.3 Å². The molecule has 0 saturated carbocycles. The molecule has 2 heterocycles. The summed E-state index contributed by atoms with van der Waals surface area (Å²) < 4.78 is 6.33. The Morgan fingerprint density at radius 1 is 1.23 bits per heavy atom. The highest BCUT2D eigenvalue weighted by Crippen LogP contribution is 2.17. The van der Waals surface area contributed by atoms with E-state index in [0.717, 1.165) is 47.3 Å². The first-order valence-electron chi connectivity index (χ1n) is 8.58. The number of carbonyl (C=O) groups is 1. The number of aryl methyl sites for hydroxylation is 1. The molecule has 138 valence electrons. The molecule has 2 aromatic rings. The Labute approximate surface area is 166 Å². The van der Waals surface area contributed by atoms with Crippen molar-refractivity contribution in [3.63, 3.8) is 0 Å². The minimum absolute atomic E-state index is 0.0651. The number of ether oxygens (including phenoxy) is 1. The third-order valence-corrected chi connectivity index (χ3v) is 4.94. The molecule has 2 N–H and O–H groups in total. The molecule has 26 heavy (non-hydrogen) atoms. The van der Waals surface area contributed by atoms with Crippen LogP contribution in [-0.4, -0.2) is 55.3 Å². The Bertz CT molecular complexity index is 765. The lowest BCUT2D eigenvalue weighted by atomic mass is 10.2. The van der Waals surface area contributed by atoms with Gasteiger partial charge in [0.2, 0.25) is 0 Å². The van der Waals surface area contributed by atoms with E-state index in [1.54, 1.807) is 0 Å². The lowest BCUT2D eigenvalue weighted by molar-refractivity contribution is 0.0954. The summed E-state index contributed by atoms with van der Waals surface area (Å²) in [6.07, 6.45) is 0. The summed E-state index contributed by atoms with van der Waals surface area (Å²) in [4.78, 5) is 23.3. The number of rotatable bonds is 6. The average Bonchev–Trinajstić information content (AvgIpc) is 2.66. The molecular weight excluding hydrogens is 445 g/mol. The van der Waals surface area contributed by atoms with Crippen LogP contribution in [0.4, 0.5) is 11.6 Å². The van der Waals surface area contributed by atoms with Gasteiger partial charge >= 0.3 is 0 Å². The topological polar surface area (TPSA) is 79.4 Å². The van der Waals surface area contributed by atoms with Gasteiger partial charge in [-0.15, -0.1) is 0 Å². The Morgan fingerprint density at radius 3 is 2.77 bits per heavy atom. The second-order valence-corrected chi connectivity index (χ2v) is 7.08. The molecule has 8 heteroatoms. The van der Waals surface area contributed by atoms with Crippen molar-refractivity contribution in [1.29, 1.82) is 0 Å². The van der Waals surface area contributed by atoms with Gasteiger partial charge in [-0.25, -0.2) is 9.97 Å². The summed E-state index contributed by atoms with van der Waals surface area (Å²) in [5.74, 6) is 2.33. The van der Waals surface area contributed by atoms with E-state index in [1.165, 1.54) is 0 Å². The van der Waals surface area contributed by atoms with Gasteiger partial charge in [0.05, 0.1) is 18.8 Å². The Kier molecular flexibility index (Phi) is 6.62. The molecule has 1 aromatic carbocycles. The molecule has 0 spiro atoms. The Balaban J connectivity index is 1.52. The van der Waals surface area contributed by atoms with Gasteiger partial charge in [-0.2, -0.15) is 0 Å². The zero-order chi connectivity index (χ0) is 18.4. The van der Waals surface area contributed by atoms with Crippen LogP contribution in [-0.2, 0) is 4.74 Å². The maximum absolute atomic E-state index is 12.2. The van der Waals surface area contributed by atoms with Crippen molar-refractivity contribution in [1.82, 2.24) is 15.3 Å². The fourth-order valence-electron chi connectivity index (χ4n) is 2.70. The van der Waals surface area contributed by atoms with E-state index in [0.29, 0.717) is 18.7 Å². The third kappa shape index (κ3) is 5.04. The van der Waals surface area contributed by atoms with Gasteiger partial charge in [-0.3, -0.25) is 4.79 Å². The van der Waals surface area contributed by atoms with E-state index in [2.05, 4.69) is 48.1 Å². The van der Waals surface area contributed by atoms with E-state index in [4.69, 9.17) is 4.74 Å². The first-order valence-corrected chi connectivity index (χ1v) is 9.66. The van der Waals surface area contributed by atoms with Crippen LogP contribution in [0.3, 0.4) is 0 Å². The Hall–Kier alpha value is -1.94. The minimum atomic E-state index is -0.0651. The van der Waals surface area contributed by atoms with Crippen LogP contribution in [0.25, 0.3) is 0 Å². The van der Waals surface area contributed by atoms with Crippen molar-refractivity contribution in [2.75, 3.05) is 49.6 Å². The summed E-state index contributed by atoms with van der Waals surface area (Å²) in [7, 11) is 0. The minimum Gasteiger partial charge on any atom is -0.378 e. The normalized spacial score (nSPS) is 14.2. The molecule has 0 atom stereocenters. The van der Waals surface area contributed by atoms with Crippen LogP contribution >= 0.6 is 22.6 Å². The van der Waals surface area contributed by atoms with E-state index in [-0.39, 0.29) is 5.91 Å². The summed E-state index contributed by atoms with van der Waals surface area (Å²) >= 11 is 2.17. The van der Waals surface area contributed by atoms with Crippen molar-refractivity contribution >= 4 is 40.1 Å². The number of halogens is 1. The van der Waals surface area contributed by atoms with E-state index < -0.39 is 0 Å². The number of nitrogens with zero attached hydrogens (tertiary/aromatic N) is 3. The van der Waals surface area contributed by atoms with Crippen LogP contribution in [0.5, 0.6) is 0 Å². The van der Waals surface area contributed by atoms with Gasteiger partial charge < -0.3 is 20.3 Å². The largest absolute Gasteiger partial charge is 0.378 e. The monoisotopic (exact) mass is 467 g/mol. The molecule has 0 aliphatic carbocycles. The SMILES string of the molecule is Cc1nc(NCCNC(=O)c2ccccc2I)cc(N2CCOCC2)n1.